The van der Waals surface area contributed by atoms with Crippen LogP contribution in [-0.4, -0.2) is 30.1 Å². The van der Waals surface area contributed by atoms with Crippen molar-refractivity contribution in [2.24, 2.45) is 16.9 Å². The molecular formula is C33H24ClIN2O4. The van der Waals surface area contributed by atoms with E-state index in [-0.39, 0.29) is 23.7 Å². The van der Waals surface area contributed by atoms with E-state index < -0.39 is 11.8 Å². The quantitative estimate of drug-likeness (QED) is 0.129. The number of hydrogen-bond acceptors (Lipinski definition) is 5. The Bertz CT molecular complexity index is 1620. The van der Waals surface area contributed by atoms with Crippen molar-refractivity contribution < 1.29 is 19.1 Å². The first-order chi connectivity index (χ1) is 20.0. The molecule has 3 aliphatic carbocycles. The zero-order valence-electron chi connectivity index (χ0n) is 22.0. The van der Waals surface area contributed by atoms with Gasteiger partial charge in [0.05, 0.1) is 28.7 Å². The lowest BCUT2D eigenvalue weighted by Gasteiger charge is -2.45. The zero-order chi connectivity index (χ0) is 28.2. The van der Waals surface area contributed by atoms with E-state index in [2.05, 4.69) is 52.0 Å². The highest BCUT2D eigenvalue weighted by atomic mass is 127. The molecule has 2 amide bonds. The molecule has 8 rings (SSSR count). The lowest BCUT2D eigenvalue weighted by molar-refractivity contribution is -0.139. The van der Waals surface area contributed by atoms with Gasteiger partial charge in [-0.15, -0.1) is 0 Å². The number of halogens is 2. The van der Waals surface area contributed by atoms with Crippen molar-refractivity contribution in [3.63, 3.8) is 0 Å². The number of carbonyl (C=O) groups is 2. The number of hydrogen-bond donors (Lipinski definition) is 0. The highest BCUT2D eigenvalue weighted by molar-refractivity contribution is 14.1. The predicted octanol–water partition coefficient (Wildman–Crippen LogP) is 6.76. The fourth-order valence-corrected chi connectivity index (χ4v) is 7.50. The van der Waals surface area contributed by atoms with Crippen LogP contribution in [0.5, 0.6) is 11.5 Å². The van der Waals surface area contributed by atoms with Crippen molar-refractivity contribution in [2.75, 3.05) is 7.11 Å². The van der Waals surface area contributed by atoms with Crippen molar-refractivity contribution in [2.45, 2.75) is 18.4 Å². The summed E-state index contributed by atoms with van der Waals surface area (Å²) in [4.78, 5) is 27.6. The zero-order valence-corrected chi connectivity index (χ0v) is 24.9. The topological polar surface area (TPSA) is 68.2 Å². The van der Waals surface area contributed by atoms with Crippen LogP contribution in [0.3, 0.4) is 0 Å². The van der Waals surface area contributed by atoms with Gasteiger partial charge in [-0.2, -0.15) is 10.1 Å². The maximum absolute atomic E-state index is 13.8. The predicted molar refractivity (Wildman–Crippen MR) is 164 cm³/mol. The molecule has 1 heterocycles. The fourth-order valence-electron chi connectivity index (χ4n) is 6.59. The molecular weight excluding hydrogens is 651 g/mol. The number of methoxy groups -OCH3 is 1. The van der Waals surface area contributed by atoms with E-state index in [4.69, 9.17) is 21.1 Å². The van der Waals surface area contributed by atoms with Crippen LogP contribution in [0.4, 0.5) is 0 Å². The molecule has 1 saturated heterocycles. The van der Waals surface area contributed by atoms with Crippen LogP contribution in [0, 0.1) is 15.4 Å². The normalized spacial score (nSPS) is 22.1. The molecule has 0 unspecified atom stereocenters. The summed E-state index contributed by atoms with van der Waals surface area (Å²) < 4.78 is 12.5. The average molecular weight is 675 g/mol. The van der Waals surface area contributed by atoms with Gasteiger partial charge in [-0.05, 0) is 80.2 Å². The van der Waals surface area contributed by atoms with Gasteiger partial charge in [0.2, 0.25) is 0 Å². The van der Waals surface area contributed by atoms with Gasteiger partial charge >= 0.3 is 0 Å². The first-order valence-corrected chi connectivity index (χ1v) is 14.8. The van der Waals surface area contributed by atoms with Gasteiger partial charge in [-0.25, -0.2) is 0 Å². The van der Waals surface area contributed by atoms with Crippen LogP contribution in [0.15, 0.2) is 90.0 Å². The molecule has 8 heteroatoms. The minimum atomic E-state index is -0.465. The maximum atomic E-state index is 13.8. The Morgan fingerprint density at radius 2 is 1.39 bits per heavy atom. The molecule has 1 fully saturated rings. The van der Waals surface area contributed by atoms with Gasteiger partial charge < -0.3 is 9.47 Å². The molecule has 2 bridgehead atoms. The molecule has 4 aromatic carbocycles. The van der Waals surface area contributed by atoms with Crippen molar-refractivity contribution in [3.05, 3.63) is 127 Å². The Kier molecular flexibility index (Phi) is 6.59. The van der Waals surface area contributed by atoms with Crippen LogP contribution in [-0.2, 0) is 16.2 Å². The van der Waals surface area contributed by atoms with Crippen LogP contribution < -0.4 is 9.47 Å². The monoisotopic (exact) mass is 674 g/mol. The summed E-state index contributed by atoms with van der Waals surface area (Å²) in [5.41, 5.74) is 6.21. The van der Waals surface area contributed by atoms with E-state index in [1.165, 1.54) is 0 Å². The van der Waals surface area contributed by atoms with Gasteiger partial charge in [0.15, 0.2) is 11.5 Å². The van der Waals surface area contributed by atoms with Gasteiger partial charge in [-0.1, -0.05) is 72.3 Å². The molecule has 0 aromatic heterocycles. The summed E-state index contributed by atoms with van der Waals surface area (Å²) in [7, 11) is 1.57. The standard InChI is InChI=1S/C33H24ClIN2O4/c1-40-26-15-19(14-25(35)31(26)41-17-18-10-12-20(34)13-11-18)16-36-37-32(38)29-27-21-6-2-3-7-22(21)28(30(29)33(37)39)24-9-5-4-8-23(24)27/h2-16,27-30H,17H2,1H3/b36-16-/t27?,28?,29-,30+. The fraction of sp³-hybridized carbons (Fsp3) is 0.182. The molecule has 0 N–H and O–H groups in total. The molecule has 2 atom stereocenters. The minimum absolute atomic E-state index is 0.160. The Balaban J connectivity index is 1.17. The molecule has 4 aromatic rings. The van der Waals surface area contributed by atoms with Crippen LogP contribution >= 0.6 is 34.2 Å². The summed E-state index contributed by atoms with van der Waals surface area (Å²) in [6.45, 7) is 0.351. The Labute approximate surface area is 256 Å². The van der Waals surface area contributed by atoms with Gasteiger partial charge in [0, 0.05) is 16.9 Å². The van der Waals surface area contributed by atoms with E-state index >= 15 is 0 Å². The first kappa shape index (κ1) is 26.2. The summed E-state index contributed by atoms with van der Waals surface area (Å²) in [6.07, 6.45) is 1.54. The van der Waals surface area contributed by atoms with Gasteiger partial charge in [0.1, 0.15) is 6.61 Å². The summed E-state index contributed by atoms with van der Waals surface area (Å²) >= 11 is 8.17. The van der Waals surface area contributed by atoms with E-state index in [0.717, 1.165) is 36.4 Å². The SMILES string of the molecule is COc1cc(/C=N\N2C(=O)[C@@H]3C4c5ccccc5C(c5ccccc54)[C@@H]3C2=O)cc(I)c1OCc1ccc(Cl)cc1. The molecule has 6 nitrogen and oxygen atoms in total. The van der Waals surface area contributed by atoms with Crippen molar-refractivity contribution in [1.82, 2.24) is 5.01 Å². The van der Waals surface area contributed by atoms with Crippen LogP contribution in [0.1, 0.15) is 45.2 Å². The molecule has 4 aliphatic rings. The van der Waals surface area contributed by atoms with Crippen LogP contribution in [0.2, 0.25) is 5.02 Å². The molecule has 1 aliphatic heterocycles. The molecule has 0 saturated carbocycles. The lowest BCUT2D eigenvalue weighted by atomic mass is 9.55. The highest BCUT2D eigenvalue weighted by Crippen LogP contribution is 2.61. The largest absolute Gasteiger partial charge is 0.493 e. The van der Waals surface area contributed by atoms with Crippen molar-refractivity contribution >= 4 is 52.2 Å². The number of benzene rings is 4. The number of ether oxygens (including phenoxy) is 2. The number of hydrazone groups is 1. The third-order valence-electron chi connectivity index (χ3n) is 8.30. The van der Waals surface area contributed by atoms with E-state index in [1.54, 1.807) is 19.4 Å². The maximum Gasteiger partial charge on any atom is 0.254 e. The molecule has 0 radical (unpaired) electrons. The number of imide groups is 1. The average Bonchev–Trinajstić information content (AvgIpc) is 3.25. The second kappa shape index (κ2) is 10.3. The number of carbonyl (C=O) groups excluding carboxylic acids is 2. The second-order valence-corrected chi connectivity index (χ2v) is 12.0. The van der Waals surface area contributed by atoms with E-state index in [0.29, 0.717) is 28.7 Å². The van der Waals surface area contributed by atoms with Crippen LogP contribution in [0.25, 0.3) is 0 Å². The number of amides is 2. The van der Waals surface area contributed by atoms with E-state index in [1.807, 2.05) is 54.6 Å². The Morgan fingerprint density at radius 3 is 1.90 bits per heavy atom. The highest BCUT2D eigenvalue weighted by Gasteiger charge is 2.61. The van der Waals surface area contributed by atoms with Crippen molar-refractivity contribution in [1.29, 1.82) is 0 Å². The Hall–Kier alpha value is -3.69. The summed E-state index contributed by atoms with van der Waals surface area (Å²) in [5.74, 6) is -0.616. The smallest absolute Gasteiger partial charge is 0.254 e. The number of rotatable bonds is 6. The third-order valence-corrected chi connectivity index (χ3v) is 9.35. The molecule has 41 heavy (non-hydrogen) atoms. The Morgan fingerprint density at radius 1 is 0.854 bits per heavy atom. The number of nitrogens with zero attached hydrogens (tertiary/aromatic N) is 2. The summed E-state index contributed by atoms with van der Waals surface area (Å²) in [5, 5.41) is 6.19. The molecule has 204 valence electrons. The van der Waals surface area contributed by atoms with E-state index in [9.17, 15) is 9.59 Å². The van der Waals surface area contributed by atoms with Gasteiger partial charge in [0.25, 0.3) is 11.8 Å². The summed E-state index contributed by atoms with van der Waals surface area (Å²) in [6, 6.07) is 27.5. The first-order valence-electron chi connectivity index (χ1n) is 13.3. The lowest BCUT2D eigenvalue weighted by Crippen LogP contribution is -2.41. The van der Waals surface area contributed by atoms with Crippen molar-refractivity contribution in [3.8, 4) is 11.5 Å². The molecule has 0 spiro atoms. The van der Waals surface area contributed by atoms with Gasteiger partial charge in [-0.3, -0.25) is 9.59 Å². The minimum Gasteiger partial charge on any atom is -0.493 e. The third kappa shape index (κ3) is 4.25. The second-order valence-electron chi connectivity index (χ2n) is 10.4.